The van der Waals surface area contributed by atoms with E-state index in [9.17, 15) is 0 Å². The molecule has 1 aliphatic rings. The summed E-state index contributed by atoms with van der Waals surface area (Å²) in [6, 6.07) is 2.54. The van der Waals surface area contributed by atoms with E-state index >= 15 is 0 Å². The highest BCUT2D eigenvalue weighted by atomic mass is 16.5. The van der Waals surface area contributed by atoms with Crippen LogP contribution in [-0.2, 0) is 13.0 Å². The summed E-state index contributed by atoms with van der Waals surface area (Å²) >= 11 is 0. The Morgan fingerprint density at radius 2 is 2.33 bits per heavy atom. The molecule has 5 nitrogen and oxygen atoms in total. The lowest BCUT2D eigenvalue weighted by molar-refractivity contribution is 0.379. The van der Waals surface area contributed by atoms with Crippen LogP contribution in [0.15, 0.2) is 15.6 Å². The van der Waals surface area contributed by atoms with E-state index in [1.807, 2.05) is 6.07 Å². The molecule has 1 heterocycles. The largest absolute Gasteiger partial charge is 0.359 e. The molecule has 2 rings (SSSR count). The van der Waals surface area contributed by atoms with Gasteiger partial charge in [0, 0.05) is 18.7 Å². The maximum atomic E-state index is 5.21. The van der Waals surface area contributed by atoms with Crippen LogP contribution in [0.3, 0.4) is 0 Å². The van der Waals surface area contributed by atoms with Crippen molar-refractivity contribution < 1.29 is 4.52 Å². The minimum absolute atomic E-state index is 0.531. The Bertz CT molecular complexity index is 413. The summed E-state index contributed by atoms with van der Waals surface area (Å²) < 4.78 is 5.21. The van der Waals surface area contributed by atoms with Crippen molar-refractivity contribution in [3.63, 3.8) is 0 Å². The second-order valence-electron chi connectivity index (χ2n) is 4.80. The Balaban J connectivity index is 1.90. The summed E-state index contributed by atoms with van der Waals surface area (Å²) in [6.45, 7) is 7.76. The first-order valence-electron chi connectivity index (χ1n) is 6.72. The van der Waals surface area contributed by atoms with Crippen LogP contribution in [0.4, 0.5) is 0 Å². The van der Waals surface area contributed by atoms with Gasteiger partial charge in [-0.05, 0) is 25.7 Å². The Morgan fingerprint density at radius 1 is 1.56 bits per heavy atom. The van der Waals surface area contributed by atoms with Gasteiger partial charge in [0.05, 0.1) is 5.69 Å². The third-order valence-corrected chi connectivity index (χ3v) is 3.14. The molecule has 2 atom stereocenters. The normalized spacial score (nSPS) is 22.9. The zero-order chi connectivity index (χ0) is 13.0. The Morgan fingerprint density at radius 3 is 2.89 bits per heavy atom. The van der Waals surface area contributed by atoms with Crippen molar-refractivity contribution in [1.29, 1.82) is 0 Å². The molecule has 0 aliphatic heterocycles. The number of aromatic nitrogens is 1. The van der Waals surface area contributed by atoms with Gasteiger partial charge in [0.15, 0.2) is 11.7 Å². The Kier molecular flexibility index (Phi) is 4.23. The van der Waals surface area contributed by atoms with E-state index in [0.29, 0.717) is 12.6 Å². The number of guanidine groups is 1. The molecule has 1 aromatic heterocycles. The van der Waals surface area contributed by atoms with E-state index in [-0.39, 0.29) is 0 Å². The summed E-state index contributed by atoms with van der Waals surface area (Å²) in [4.78, 5) is 4.51. The van der Waals surface area contributed by atoms with E-state index in [1.165, 1.54) is 6.42 Å². The molecule has 0 spiro atoms. The predicted molar refractivity (Wildman–Crippen MR) is 71.4 cm³/mol. The third kappa shape index (κ3) is 3.48. The van der Waals surface area contributed by atoms with Crippen molar-refractivity contribution in [1.82, 2.24) is 15.8 Å². The average Bonchev–Trinajstić information content (AvgIpc) is 2.89. The number of aryl methyl sites for hydroxylation is 1. The lowest BCUT2D eigenvalue weighted by Gasteiger charge is -2.09. The molecule has 1 aromatic rings. The molecule has 0 radical (unpaired) electrons. The fraction of sp³-hybridized carbons (Fsp3) is 0.692. The van der Waals surface area contributed by atoms with E-state index in [0.717, 1.165) is 36.3 Å². The number of rotatable bonds is 5. The molecular formula is C13H22N4O. The zero-order valence-electron chi connectivity index (χ0n) is 11.4. The topological polar surface area (TPSA) is 62.5 Å². The van der Waals surface area contributed by atoms with Gasteiger partial charge < -0.3 is 15.2 Å². The van der Waals surface area contributed by atoms with Crippen molar-refractivity contribution >= 4 is 5.96 Å². The standard InChI is InChI=1S/C13H22N4O/c1-4-10-7-11(18-17-10)8-15-13(14-5-2)16-12-6-9(12)3/h7,9,12H,4-6,8H2,1-3H3,(H2,14,15,16). The first kappa shape index (κ1) is 12.9. The summed E-state index contributed by atoms with van der Waals surface area (Å²) in [7, 11) is 0. The van der Waals surface area contributed by atoms with Crippen molar-refractivity contribution in [2.45, 2.75) is 46.2 Å². The highest BCUT2D eigenvalue weighted by molar-refractivity contribution is 5.80. The molecular weight excluding hydrogens is 228 g/mol. The van der Waals surface area contributed by atoms with Crippen LogP contribution in [-0.4, -0.2) is 23.7 Å². The van der Waals surface area contributed by atoms with Crippen molar-refractivity contribution in [2.24, 2.45) is 10.9 Å². The van der Waals surface area contributed by atoms with Crippen molar-refractivity contribution in [2.75, 3.05) is 6.54 Å². The Hall–Kier alpha value is -1.52. The van der Waals surface area contributed by atoms with Crippen LogP contribution < -0.4 is 10.6 Å². The number of hydrogen-bond acceptors (Lipinski definition) is 3. The van der Waals surface area contributed by atoms with Gasteiger partial charge in [-0.1, -0.05) is 19.0 Å². The van der Waals surface area contributed by atoms with Gasteiger partial charge in [-0.15, -0.1) is 0 Å². The molecule has 0 bridgehead atoms. The van der Waals surface area contributed by atoms with Crippen LogP contribution in [0.2, 0.25) is 0 Å². The molecule has 1 fully saturated rings. The first-order valence-corrected chi connectivity index (χ1v) is 6.72. The van der Waals surface area contributed by atoms with Gasteiger partial charge in [0.2, 0.25) is 0 Å². The number of aliphatic imine (C=N–C) groups is 1. The maximum Gasteiger partial charge on any atom is 0.191 e. The second-order valence-corrected chi connectivity index (χ2v) is 4.80. The fourth-order valence-corrected chi connectivity index (χ4v) is 1.77. The summed E-state index contributed by atoms with van der Waals surface area (Å²) in [6.07, 6.45) is 2.12. The van der Waals surface area contributed by atoms with Gasteiger partial charge in [0.1, 0.15) is 6.54 Å². The average molecular weight is 250 g/mol. The zero-order valence-corrected chi connectivity index (χ0v) is 11.4. The van der Waals surface area contributed by atoms with Gasteiger partial charge in [-0.2, -0.15) is 0 Å². The van der Waals surface area contributed by atoms with Gasteiger partial charge in [0.25, 0.3) is 0 Å². The molecule has 5 heteroatoms. The van der Waals surface area contributed by atoms with Gasteiger partial charge in [-0.25, -0.2) is 4.99 Å². The molecule has 2 unspecified atom stereocenters. The minimum Gasteiger partial charge on any atom is -0.359 e. The molecule has 100 valence electrons. The third-order valence-electron chi connectivity index (χ3n) is 3.14. The Labute approximate surface area is 108 Å². The van der Waals surface area contributed by atoms with E-state index in [2.05, 4.69) is 41.6 Å². The smallest absolute Gasteiger partial charge is 0.191 e. The summed E-state index contributed by atoms with van der Waals surface area (Å²) in [5.74, 6) is 2.43. The van der Waals surface area contributed by atoms with E-state index in [1.54, 1.807) is 0 Å². The fourth-order valence-electron chi connectivity index (χ4n) is 1.77. The number of nitrogens with one attached hydrogen (secondary N) is 2. The lowest BCUT2D eigenvalue weighted by Crippen LogP contribution is -2.39. The monoisotopic (exact) mass is 250 g/mol. The predicted octanol–water partition coefficient (Wildman–Crippen LogP) is 1.70. The quantitative estimate of drug-likeness (QED) is 0.617. The molecule has 2 N–H and O–H groups in total. The van der Waals surface area contributed by atoms with Gasteiger partial charge >= 0.3 is 0 Å². The highest BCUT2D eigenvalue weighted by Gasteiger charge is 2.33. The summed E-state index contributed by atoms with van der Waals surface area (Å²) in [5, 5.41) is 10.6. The van der Waals surface area contributed by atoms with E-state index < -0.39 is 0 Å². The molecule has 0 aromatic carbocycles. The van der Waals surface area contributed by atoms with Crippen LogP contribution in [0.1, 0.15) is 38.6 Å². The molecule has 1 aliphatic carbocycles. The number of nitrogens with zero attached hydrogens (tertiary/aromatic N) is 2. The minimum atomic E-state index is 0.531. The lowest BCUT2D eigenvalue weighted by atomic mass is 10.3. The van der Waals surface area contributed by atoms with Crippen LogP contribution in [0, 0.1) is 5.92 Å². The van der Waals surface area contributed by atoms with E-state index in [4.69, 9.17) is 4.52 Å². The molecule has 18 heavy (non-hydrogen) atoms. The maximum absolute atomic E-state index is 5.21. The van der Waals surface area contributed by atoms with Crippen LogP contribution in [0.5, 0.6) is 0 Å². The SMILES string of the molecule is CCNC(=NCc1cc(CC)no1)NC1CC1C. The number of hydrogen-bond donors (Lipinski definition) is 2. The summed E-state index contributed by atoms with van der Waals surface area (Å²) in [5.41, 5.74) is 0.981. The second kappa shape index (κ2) is 5.89. The highest BCUT2D eigenvalue weighted by Crippen LogP contribution is 2.28. The molecule has 1 saturated carbocycles. The molecule has 0 amide bonds. The molecule has 0 saturated heterocycles. The van der Waals surface area contributed by atoms with Crippen LogP contribution in [0.25, 0.3) is 0 Å². The van der Waals surface area contributed by atoms with Crippen molar-refractivity contribution in [3.8, 4) is 0 Å². The first-order chi connectivity index (χ1) is 8.72. The van der Waals surface area contributed by atoms with Gasteiger partial charge in [-0.3, -0.25) is 0 Å². The van der Waals surface area contributed by atoms with Crippen LogP contribution >= 0.6 is 0 Å². The van der Waals surface area contributed by atoms with Crippen molar-refractivity contribution in [3.05, 3.63) is 17.5 Å².